The van der Waals surface area contributed by atoms with Crippen molar-refractivity contribution in [2.75, 3.05) is 13.1 Å². The normalized spacial score (nSPS) is 19.1. The molecule has 1 aromatic heterocycles. The highest BCUT2D eigenvalue weighted by Gasteiger charge is 2.36. The molecule has 1 aliphatic heterocycles. The van der Waals surface area contributed by atoms with Crippen LogP contribution in [0.2, 0.25) is 0 Å². The highest BCUT2D eigenvalue weighted by atomic mass is 32.1. The number of nitrogens with zero attached hydrogens (tertiary/aromatic N) is 2. The molecule has 1 fully saturated rings. The number of carbonyl (C=O) groups excluding carboxylic acids is 1. The van der Waals surface area contributed by atoms with E-state index in [0.29, 0.717) is 13.1 Å². The molecule has 0 bridgehead atoms. The van der Waals surface area contributed by atoms with Crippen LogP contribution in [-0.2, 0) is 6.42 Å². The Morgan fingerprint density at radius 3 is 2.75 bits per heavy atom. The molecule has 1 amide bonds. The van der Waals surface area contributed by atoms with Crippen LogP contribution in [0.15, 0.2) is 16.6 Å². The summed E-state index contributed by atoms with van der Waals surface area (Å²) in [5.41, 5.74) is 6.55. The van der Waals surface area contributed by atoms with E-state index in [1.54, 1.807) is 0 Å². The van der Waals surface area contributed by atoms with Crippen LogP contribution in [0.1, 0.15) is 41.9 Å². The van der Waals surface area contributed by atoms with Gasteiger partial charge in [0.1, 0.15) is 5.84 Å². The minimum atomic E-state index is -0.311. The molecule has 5 nitrogen and oxygen atoms in total. The van der Waals surface area contributed by atoms with E-state index in [-0.39, 0.29) is 17.2 Å². The fourth-order valence-corrected chi connectivity index (χ4v) is 3.49. The number of hydrogen-bond acceptors (Lipinski definition) is 4. The molecular weight excluding hydrogens is 274 g/mol. The SMILES string of the molecule is CCc1ccsc1C(=O)N1CCC(C)(/C(N)=N/O)CC1. The van der Waals surface area contributed by atoms with Gasteiger partial charge < -0.3 is 15.8 Å². The molecule has 2 rings (SSSR count). The molecule has 110 valence electrons. The number of aryl methyl sites for hydroxylation is 1. The first-order chi connectivity index (χ1) is 9.51. The molecule has 2 heterocycles. The number of rotatable bonds is 3. The van der Waals surface area contributed by atoms with Crippen molar-refractivity contribution in [3.8, 4) is 0 Å². The van der Waals surface area contributed by atoms with Crippen LogP contribution in [0, 0.1) is 5.41 Å². The number of thiophene rings is 1. The number of hydrogen-bond donors (Lipinski definition) is 2. The Kier molecular flexibility index (Phi) is 4.32. The van der Waals surface area contributed by atoms with Gasteiger partial charge in [-0.1, -0.05) is 19.0 Å². The Balaban J connectivity index is 2.06. The summed E-state index contributed by atoms with van der Waals surface area (Å²) in [5.74, 6) is 0.369. The Morgan fingerprint density at radius 2 is 2.20 bits per heavy atom. The van der Waals surface area contributed by atoms with Crippen LogP contribution in [0.25, 0.3) is 0 Å². The van der Waals surface area contributed by atoms with Crippen molar-refractivity contribution in [3.05, 3.63) is 21.9 Å². The minimum Gasteiger partial charge on any atom is -0.409 e. The maximum atomic E-state index is 12.5. The zero-order chi connectivity index (χ0) is 14.8. The molecular formula is C14H21N3O2S. The second kappa shape index (κ2) is 5.83. The second-order valence-electron chi connectivity index (χ2n) is 5.47. The molecule has 0 atom stereocenters. The molecule has 1 saturated heterocycles. The van der Waals surface area contributed by atoms with Gasteiger partial charge >= 0.3 is 0 Å². The van der Waals surface area contributed by atoms with E-state index < -0.39 is 0 Å². The van der Waals surface area contributed by atoms with Crippen molar-refractivity contribution in [1.29, 1.82) is 0 Å². The van der Waals surface area contributed by atoms with Crippen molar-refractivity contribution in [1.82, 2.24) is 4.90 Å². The molecule has 0 aromatic carbocycles. The first kappa shape index (κ1) is 14.8. The summed E-state index contributed by atoms with van der Waals surface area (Å²) in [4.78, 5) is 15.2. The third kappa shape index (κ3) is 2.65. The number of carbonyl (C=O) groups is 1. The lowest BCUT2D eigenvalue weighted by Gasteiger charge is -2.38. The van der Waals surface area contributed by atoms with Crippen LogP contribution < -0.4 is 5.73 Å². The molecule has 6 heteroatoms. The summed E-state index contributed by atoms with van der Waals surface area (Å²) in [6.45, 7) is 5.33. The number of nitrogens with two attached hydrogens (primary N) is 1. The number of oxime groups is 1. The Hall–Kier alpha value is -1.56. The predicted molar refractivity (Wildman–Crippen MR) is 80.4 cm³/mol. The molecule has 20 heavy (non-hydrogen) atoms. The smallest absolute Gasteiger partial charge is 0.264 e. The van der Waals surface area contributed by atoms with Crippen LogP contribution in [0.4, 0.5) is 0 Å². The molecule has 0 aliphatic carbocycles. The molecule has 0 saturated carbocycles. The Morgan fingerprint density at radius 1 is 1.55 bits per heavy atom. The number of amides is 1. The molecule has 1 aliphatic rings. The van der Waals surface area contributed by atoms with Crippen molar-refractivity contribution < 1.29 is 10.0 Å². The van der Waals surface area contributed by atoms with Crippen LogP contribution >= 0.6 is 11.3 Å². The maximum Gasteiger partial charge on any atom is 0.264 e. The first-order valence-electron chi connectivity index (χ1n) is 6.85. The largest absolute Gasteiger partial charge is 0.409 e. The number of piperidine rings is 1. The van der Waals surface area contributed by atoms with E-state index >= 15 is 0 Å². The van der Waals surface area contributed by atoms with Gasteiger partial charge in [-0.3, -0.25) is 4.79 Å². The predicted octanol–water partition coefficient (Wildman–Crippen LogP) is 2.30. The standard InChI is InChI=1S/C14H21N3O2S/c1-3-10-4-9-20-11(10)12(18)17-7-5-14(2,6-8-17)13(15)16-19/h4,9,19H,3,5-8H2,1-2H3,(H2,15,16). The van der Waals surface area contributed by atoms with Gasteiger partial charge in [-0.25, -0.2) is 0 Å². The quantitative estimate of drug-likeness (QED) is 0.389. The summed E-state index contributed by atoms with van der Waals surface area (Å²) >= 11 is 1.51. The van der Waals surface area contributed by atoms with E-state index in [2.05, 4.69) is 12.1 Å². The van der Waals surface area contributed by atoms with Gasteiger partial charge in [0.05, 0.1) is 4.88 Å². The minimum absolute atomic E-state index is 0.110. The molecule has 0 radical (unpaired) electrons. The van der Waals surface area contributed by atoms with Crippen molar-refractivity contribution in [3.63, 3.8) is 0 Å². The fraction of sp³-hybridized carbons (Fsp3) is 0.571. The summed E-state index contributed by atoms with van der Waals surface area (Å²) in [7, 11) is 0. The zero-order valence-corrected chi connectivity index (χ0v) is 12.7. The summed E-state index contributed by atoms with van der Waals surface area (Å²) in [5, 5.41) is 13.9. The highest BCUT2D eigenvalue weighted by Crippen LogP contribution is 2.32. The Bertz CT molecular complexity index is 516. The topological polar surface area (TPSA) is 78.9 Å². The third-order valence-electron chi connectivity index (χ3n) is 4.20. The second-order valence-corrected chi connectivity index (χ2v) is 6.38. The van der Waals surface area contributed by atoms with E-state index in [1.165, 1.54) is 11.3 Å². The maximum absolute atomic E-state index is 12.5. The van der Waals surface area contributed by atoms with Gasteiger partial charge in [-0.15, -0.1) is 11.3 Å². The third-order valence-corrected chi connectivity index (χ3v) is 5.15. The summed E-state index contributed by atoms with van der Waals surface area (Å²) < 4.78 is 0. The number of likely N-dealkylation sites (tertiary alicyclic amines) is 1. The van der Waals surface area contributed by atoms with Gasteiger partial charge in [0.2, 0.25) is 0 Å². The lowest BCUT2D eigenvalue weighted by Crippen LogP contribution is -2.47. The van der Waals surface area contributed by atoms with Crippen molar-refractivity contribution in [2.24, 2.45) is 16.3 Å². The average molecular weight is 295 g/mol. The van der Waals surface area contributed by atoms with Crippen molar-refractivity contribution in [2.45, 2.75) is 33.1 Å². The molecule has 0 spiro atoms. The van der Waals surface area contributed by atoms with Gasteiger partial charge in [0.15, 0.2) is 0 Å². The fourth-order valence-electron chi connectivity index (χ4n) is 2.53. The van der Waals surface area contributed by atoms with Crippen LogP contribution in [0.3, 0.4) is 0 Å². The number of amidine groups is 1. The van der Waals surface area contributed by atoms with Crippen LogP contribution in [-0.4, -0.2) is 34.9 Å². The lowest BCUT2D eigenvalue weighted by molar-refractivity contribution is 0.0670. The highest BCUT2D eigenvalue weighted by molar-refractivity contribution is 7.12. The summed E-state index contributed by atoms with van der Waals surface area (Å²) in [6.07, 6.45) is 2.32. The average Bonchev–Trinajstić information content (AvgIpc) is 2.94. The Labute approximate surface area is 123 Å². The first-order valence-corrected chi connectivity index (χ1v) is 7.73. The van der Waals surface area contributed by atoms with Gasteiger partial charge in [-0.2, -0.15) is 0 Å². The molecule has 0 unspecified atom stereocenters. The van der Waals surface area contributed by atoms with E-state index in [0.717, 1.165) is 29.7 Å². The molecule has 3 N–H and O–H groups in total. The van der Waals surface area contributed by atoms with Crippen molar-refractivity contribution >= 4 is 23.1 Å². The van der Waals surface area contributed by atoms with Gasteiger partial charge in [0, 0.05) is 18.5 Å². The zero-order valence-electron chi connectivity index (χ0n) is 11.9. The van der Waals surface area contributed by atoms with Gasteiger partial charge in [-0.05, 0) is 36.3 Å². The van der Waals surface area contributed by atoms with E-state index in [9.17, 15) is 4.79 Å². The van der Waals surface area contributed by atoms with Crippen LogP contribution in [0.5, 0.6) is 0 Å². The van der Waals surface area contributed by atoms with E-state index in [4.69, 9.17) is 10.9 Å². The lowest BCUT2D eigenvalue weighted by atomic mass is 9.79. The summed E-state index contributed by atoms with van der Waals surface area (Å²) in [6, 6.07) is 2.02. The monoisotopic (exact) mass is 295 g/mol. The van der Waals surface area contributed by atoms with E-state index in [1.807, 2.05) is 23.3 Å². The molecule has 1 aromatic rings. The van der Waals surface area contributed by atoms with Gasteiger partial charge in [0.25, 0.3) is 5.91 Å².